The van der Waals surface area contributed by atoms with Crippen molar-refractivity contribution in [2.45, 2.75) is 52.1 Å². The normalized spacial score (nSPS) is 14.0. The zero-order valence-corrected chi connectivity index (χ0v) is 15.6. The average Bonchev–Trinajstić information content (AvgIpc) is 2.86. The maximum absolute atomic E-state index is 12.9. The second-order valence-electron chi connectivity index (χ2n) is 7.27. The molecule has 6 heteroatoms. The molecule has 1 amide bonds. The number of fused-ring (bicyclic) bond motifs is 3. The summed E-state index contributed by atoms with van der Waals surface area (Å²) in [5, 5.41) is 7.47. The molecule has 2 aromatic heterocycles. The molecule has 1 aliphatic carbocycles. The lowest BCUT2D eigenvalue weighted by Crippen LogP contribution is -2.32. The van der Waals surface area contributed by atoms with Crippen LogP contribution in [-0.4, -0.2) is 20.1 Å². The highest BCUT2D eigenvalue weighted by Gasteiger charge is 2.19. The molecule has 0 radical (unpaired) electrons. The predicted molar refractivity (Wildman–Crippen MR) is 104 cm³/mol. The van der Waals surface area contributed by atoms with Crippen LogP contribution >= 0.6 is 0 Å². The minimum atomic E-state index is -0.173. The highest BCUT2D eigenvalue weighted by molar-refractivity contribution is 5.75. The Balaban J connectivity index is 1.52. The SMILES string of the molecule is Cc1ccc(CNC(=O)Cn2ccn3nc4c(c3c2=O)CCCCC4)cc1. The van der Waals surface area contributed by atoms with Crippen molar-refractivity contribution >= 4 is 11.4 Å². The molecule has 0 aliphatic heterocycles. The van der Waals surface area contributed by atoms with Crippen LogP contribution in [0.2, 0.25) is 0 Å². The third-order valence-corrected chi connectivity index (χ3v) is 5.21. The average molecular weight is 364 g/mol. The van der Waals surface area contributed by atoms with Crippen molar-refractivity contribution in [2.24, 2.45) is 0 Å². The third-order valence-electron chi connectivity index (χ3n) is 5.21. The number of amides is 1. The number of hydrogen-bond donors (Lipinski definition) is 1. The molecule has 2 heterocycles. The van der Waals surface area contributed by atoms with Crippen LogP contribution in [0, 0.1) is 6.92 Å². The van der Waals surface area contributed by atoms with E-state index in [1.807, 2.05) is 31.2 Å². The van der Waals surface area contributed by atoms with Crippen molar-refractivity contribution in [3.63, 3.8) is 0 Å². The molecule has 0 unspecified atom stereocenters. The van der Waals surface area contributed by atoms with Crippen molar-refractivity contribution in [1.29, 1.82) is 0 Å². The van der Waals surface area contributed by atoms with Crippen molar-refractivity contribution in [3.8, 4) is 0 Å². The number of carbonyl (C=O) groups is 1. The van der Waals surface area contributed by atoms with Gasteiger partial charge in [0.15, 0.2) is 0 Å². The van der Waals surface area contributed by atoms with Crippen LogP contribution in [0.1, 0.15) is 41.6 Å². The van der Waals surface area contributed by atoms with Gasteiger partial charge >= 0.3 is 0 Å². The third kappa shape index (κ3) is 3.65. The first-order valence-electron chi connectivity index (χ1n) is 9.53. The minimum Gasteiger partial charge on any atom is -0.350 e. The van der Waals surface area contributed by atoms with Gasteiger partial charge in [0.25, 0.3) is 5.56 Å². The molecule has 0 saturated carbocycles. The van der Waals surface area contributed by atoms with Gasteiger partial charge in [-0.05, 0) is 38.2 Å². The first-order chi connectivity index (χ1) is 13.1. The van der Waals surface area contributed by atoms with Gasteiger partial charge in [0, 0.05) is 24.5 Å². The summed E-state index contributed by atoms with van der Waals surface area (Å²) in [5.41, 5.74) is 4.81. The quantitative estimate of drug-likeness (QED) is 0.723. The molecule has 0 atom stereocenters. The van der Waals surface area contributed by atoms with Gasteiger partial charge < -0.3 is 9.88 Å². The van der Waals surface area contributed by atoms with Gasteiger partial charge in [-0.2, -0.15) is 5.10 Å². The van der Waals surface area contributed by atoms with Gasteiger partial charge in [0.05, 0.1) is 5.69 Å². The zero-order valence-electron chi connectivity index (χ0n) is 15.6. The first kappa shape index (κ1) is 17.5. The molecule has 0 spiro atoms. The van der Waals surface area contributed by atoms with E-state index in [0.717, 1.165) is 42.5 Å². The number of nitrogens with one attached hydrogen (secondary N) is 1. The van der Waals surface area contributed by atoms with Gasteiger partial charge in [-0.25, -0.2) is 4.52 Å². The summed E-state index contributed by atoms with van der Waals surface area (Å²) in [5.74, 6) is -0.173. The van der Waals surface area contributed by atoms with Crippen LogP contribution in [0.4, 0.5) is 0 Å². The van der Waals surface area contributed by atoms with Crippen LogP contribution in [0.15, 0.2) is 41.5 Å². The first-order valence-corrected chi connectivity index (χ1v) is 9.53. The number of hydrogen-bond acceptors (Lipinski definition) is 3. The molecule has 27 heavy (non-hydrogen) atoms. The smallest absolute Gasteiger partial charge is 0.277 e. The lowest BCUT2D eigenvalue weighted by Gasteiger charge is -2.08. The van der Waals surface area contributed by atoms with Crippen molar-refractivity contribution in [3.05, 3.63) is 69.4 Å². The van der Waals surface area contributed by atoms with Gasteiger partial charge in [-0.3, -0.25) is 9.59 Å². The number of aromatic nitrogens is 3. The Morgan fingerprint density at radius 3 is 2.70 bits per heavy atom. The van der Waals surface area contributed by atoms with Gasteiger partial charge in [0.1, 0.15) is 12.1 Å². The molecule has 4 rings (SSSR count). The second-order valence-corrected chi connectivity index (χ2v) is 7.27. The molecular weight excluding hydrogens is 340 g/mol. The molecule has 1 aromatic carbocycles. The summed E-state index contributed by atoms with van der Waals surface area (Å²) in [7, 11) is 0. The number of aryl methyl sites for hydroxylation is 3. The van der Waals surface area contributed by atoms with E-state index < -0.39 is 0 Å². The molecule has 140 valence electrons. The minimum absolute atomic E-state index is 0.0150. The lowest BCUT2D eigenvalue weighted by atomic mass is 10.1. The predicted octanol–water partition coefficient (Wildman–Crippen LogP) is 2.39. The van der Waals surface area contributed by atoms with Crippen LogP contribution in [0.25, 0.3) is 5.52 Å². The van der Waals surface area contributed by atoms with Crippen LogP contribution in [0.5, 0.6) is 0 Å². The molecule has 6 nitrogen and oxygen atoms in total. The van der Waals surface area contributed by atoms with Crippen molar-refractivity contribution in [2.75, 3.05) is 0 Å². The molecule has 0 fully saturated rings. The molecule has 1 N–H and O–H groups in total. The largest absolute Gasteiger partial charge is 0.350 e. The van der Waals surface area contributed by atoms with Crippen LogP contribution in [0.3, 0.4) is 0 Å². The summed E-state index contributed by atoms with van der Waals surface area (Å²) in [4.78, 5) is 25.3. The van der Waals surface area contributed by atoms with E-state index in [1.54, 1.807) is 16.9 Å². The van der Waals surface area contributed by atoms with E-state index >= 15 is 0 Å². The Hall–Kier alpha value is -2.89. The maximum Gasteiger partial charge on any atom is 0.277 e. The number of rotatable bonds is 4. The number of benzene rings is 1. The second kappa shape index (κ2) is 7.39. The van der Waals surface area contributed by atoms with Crippen LogP contribution in [-0.2, 0) is 30.7 Å². The van der Waals surface area contributed by atoms with E-state index in [-0.39, 0.29) is 18.0 Å². The van der Waals surface area contributed by atoms with Crippen molar-refractivity contribution < 1.29 is 4.79 Å². The highest BCUT2D eigenvalue weighted by Crippen LogP contribution is 2.22. The molecule has 0 saturated heterocycles. The molecule has 3 aromatic rings. The highest BCUT2D eigenvalue weighted by atomic mass is 16.2. The fourth-order valence-electron chi connectivity index (χ4n) is 3.67. The topological polar surface area (TPSA) is 68.4 Å². The Morgan fingerprint density at radius 1 is 1.11 bits per heavy atom. The van der Waals surface area contributed by atoms with Gasteiger partial charge in [-0.1, -0.05) is 36.2 Å². The van der Waals surface area contributed by atoms with Gasteiger partial charge in [-0.15, -0.1) is 0 Å². The Kier molecular flexibility index (Phi) is 4.79. The van der Waals surface area contributed by atoms with Crippen molar-refractivity contribution in [1.82, 2.24) is 19.5 Å². The summed E-state index contributed by atoms with van der Waals surface area (Å²) in [6, 6.07) is 8.03. The van der Waals surface area contributed by atoms with Crippen LogP contribution < -0.4 is 10.9 Å². The van der Waals surface area contributed by atoms with E-state index in [1.165, 1.54) is 16.6 Å². The van der Waals surface area contributed by atoms with Gasteiger partial charge in [0.2, 0.25) is 5.91 Å². The summed E-state index contributed by atoms with van der Waals surface area (Å²) < 4.78 is 3.16. The van der Waals surface area contributed by atoms with E-state index in [9.17, 15) is 9.59 Å². The summed E-state index contributed by atoms with van der Waals surface area (Å²) in [6.07, 6.45) is 8.61. The molecule has 1 aliphatic rings. The fourth-order valence-corrected chi connectivity index (χ4v) is 3.67. The van der Waals surface area contributed by atoms with E-state index in [0.29, 0.717) is 12.1 Å². The van der Waals surface area contributed by atoms with E-state index in [4.69, 9.17) is 0 Å². The Bertz CT molecular complexity index is 1030. The lowest BCUT2D eigenvalue weighted by molar-refractivity contribution is -0.121. The summed E-state index contributed by atoms with van der Waals surface area (Å²) in [6.45, 7) is 2.50. The maximum atomic E-state index is 12.9. The summed E-state index contributed by atoms with van der Waals surface area (Å²) >= 11 is 0. The number of carbonyl (C=O) groups excluding carboxylic acids is 1. The fraction of sp³-hybridized carbons (Fsp3) is 0.381. The monoisotopic (exact) mass is 364 g/mol. The molecular formula is C21H24N4O2. The standard InChI is InChI=1S/C21H24N4O2/c1-15-7-9-16(10-8-15)13-22-19(26)14-24-11-12-25-20(21(24)27)17-5-3-2-4-6-18(17)23-25/h7-12H,2-6,13-14H2,1H3,(H,22,26). The Morgan fingerprint density at radius 2 is 1.89 bits per heavy atom. The molecule has 0 bridgehead atoms. The number of nitrogens with zero attached hydrogens (tertiary/aromatic N) is 3. The Labute approximate surface area is 157 Å². The van der Waals surface area contributed by atoms with E-state index in [2.05, 4.69) is 10.4 Å². The zero-order chi connectivity index (χ0) is 18.8.